The molecular weight excluding hydrogens is 248 g/mol. The third-order valence-corrected chi connectivity index (χ3v) is 3.50. The highest BCUT2D eigenvalue weighted by atomic mass is 32.1. The van der Waals surface area contributed by atoms with Gasteiger partial charge in [0, 0.05) is 7.05 Å². The van der Waals surface area contributed by atoms with Gasteiger partial charge in [-0.05, 0) is 33.3 Å². The molecule has 100 valence electrons. The number of hydrogen-bond acceptors (Lipinski definition) is 5. The van der Waals surface area contributed by atoms with Crippen LogP contribution in [0.15, 0.2) is 0 Å². The summed E-state index contributed by atoms with van der Waals surface area (Å²) in [5.41, 5.74) is 7.77. The fraction of sp³-hybridized carbons (Fsp3) is 0.583. The molecule has 1 rings (SSSR count). The van der Waals surface area contributed by atoms with Gasteiger partial charge < -0.3 is 15.7 Å². The van der Waals surface area contributed by atoms with Gasteiger partial charge in [-0.3, -0.25) is 0 Å². The summed E-state index contributed by atoms with van der Waals surface area (Å²) in [6, 6.07) is 0. The molecule has 0 bridgehead atoms. The van der Waals surface area contributed by atoms with Crippen molar-refractivity contribution in [2.75, 3.05) is 18.6 Å². The van der Waals surface area contributed by atoms with E-state index in [1.54, 1.807) is 0 Å². The first-order chi connectivity index (χ1) is 8.22. The number of aromatic nitrogens is 2. The minimum absolute atomic E-state index is 0.00508. The van der Waals surface area contributed by atoms with Gasteiger partial charge in [0.15, 0.2) is 5.82 Å². The van der Waals surface area contributed by atoms with Gasteiger partial charge in [-0.25, -0.2) is 0 Å². The highest BCUT2D eigenvalue weighted by Crippen LogP contribution is 2.26. The number of aliphatic hydroxyl groups excluding tert-OH is 1. The van der Waals surface area contributed by atoms with Crippen LogP contribution < -0.4 is 10.6 Å². The zero-order valence-electron chi connectivity index (χ0n) is 11.5. The summed E-state index contributed by atoms with van der Waals surface area (Å²) in [5.74, 6) is 0.602. The van der Waals surface area contributed by atoms with Crippen LogP contribution in [0, 0.1) is 13.8 Å². The van der Waals surface area contributed by atoms with Crippen molar-refractivity contribution in [1.29, 1.82) is 0 Å². The van der Waals surface area contributed by atoms with Crippen molar-refractivity contribution in [3.63, 3.8) is 0 Å². The van der Waals surface area contributed by atoms with E-state index in [0.717, 1.165) is 16.8 Å². The van der Waals surface area contributed by atoms with Gasteiger partial charge >= 0.3 is 0 Å². The van der Waals surface area contributed by atoms with Crippen molar-refractivity contribution in [3.05, 3.63) is 16.8 Å². The number of likely N-dealkylation sites (N-methyl/N-ethyl adjacent to an activating group) is 1. The Hall–Kier alpha value is -1.27. The van der Waals surface area contributed by atoms with E-state index in [-0.39, 0.29) is 6.61 Å². The van der Waals surface area contributed by atoms with Crippen LogP contribution in [0.4, 0.5) is 5.82 Å². The van der Waals surface area contributed by atoms with Crippen LogP contribution in [0.3, 0.4) is 0 Å². The molecule has 1 aromatic rings. The molecule has 0 radical (unpaired) electrons. The Kier molecular flexibility index (Phi) is 4.24. The molecule has 0 saturated heterocycles. The van der Waals surface area contributed by atoms with E-state index in [1.165, 1.54) is 0 Å². The van der Waals surface area contributed by atoms with Gasteiger partial charge in [0.05, 0.1) is 23.4 Å². The number of aliphatic hydroxyl groups is 1. The lowest BCUT2D eigenvalue weighted by molar-refractivity contribution is 0.215. The van der Waals surface area contributed by atoms with E-state index in [1.807, 2.05) is 39.6 Å². The van der Waals surface area contributed by atoms with Gasteiger partial charge in [-0.1, -0.05) is 12.2 Å². The van der Waals surface area contributed by atoms with E-state index < -0.39 is 5.54 Å². The molecule has 0 spiro atoms. The second kappa shape index (κ2) is 5.16. The summed E-state index contributed by atoms with van der Waals surface area (Å²) in [6.07, 6.45) is 0. The van der Waals surface area contributed by atoms with E-state index in [0.29, 0.717) is 10.8 Å². The van der Waals surface area contributed by atoms with Crippen LogP contribution in [0.25, 0.3) is 0 Å². The van der Waals surface area contributed by atoms with Crippen LogP contribution in [0.2, 0.25) is 0 Å². The summed E-state index contributed by atoms with van der Waals surface area (Å²) in [7, 11) is 1.84. The minimum Gasteiger partial charge on any atom is -0.394 e. The van der Waals surface area contributed by atoms with Crippen molar-refractivity contribution >= 4 is 23.0 Å². The largest absolute Gasteiger partial charge is 0.394 e. The van der Waals surface area contributed by atoms with E-state index >= 15 is 0 Å². The van der Waals surface area contributed by atoms with E-state index in [2.05, 4.69) is 10.2 Å². The van der Waals surface area contributed by atoms with Crippen molar-refractivity contribution < 1.29 is 5.11 Å². The molecule has 6 heteroatoms. The first-order valence-electron chi connectivity index (χ1n) is 5.70. The molecule has 18 heavy (non-hydrogen) atoms. The molecule has 0 atom stereocenters. The van der Waals surface area contributed by atoms with E-state index in [4.69, 9.17) is 18.0 Å². The van der Waals surface area contributed by atoms with Gasteiger partial charge in [-0.15, -0.1) is 5.10 Å². The number of thiocarbonyl (C=S) groups is 1. The zero-order chi connectivity index (χ0) is 14.1. The highest BCUT2D eigenvalue weighted by molar-refractivity contribution is 7.80. The number of rotatable bonds is 4. The predicted molar refractivity (Wildman–Crippen MR) is 77.0 cm³/mol. The van der Waals surface area contributed by atoms with Gasteiger partial charge in [-0.2, -0.15) is 5.10 Å². The Morgan fingerprint density at radius 2 is 1.94 bits per heavy atom. The molecule has 1 heterocycles. The fourth-order valence-corrected chi connectivity index (χ4v) is 1.76. The summed E-state index contributed by atoms with van der Waals surface area (Å²) >= 11 is 5.10. The number of nitrogens with zero attached hydrogens (tertiary/aromatic N) is 3. The Bertz CT molecular complexity index is 473. The van der Waals surface area contributed by atoms with Gasteiger partial charge in [0.2, 0.25) is 0 Å². The monoisotopic (exact) mass is 268 g/mol. The van der Waals surface area contributed by atoms with Crippen molar-refractivity contribution in [1.82, 2.24) is 10.2 Å². The Morgan fingerprint density at radius 1 is 1.39 bits per heavy atom. The third-order valence-electron chi connectivity index (χ3n) is 3.30. The average Bonchev–Trinajstić information content (AvgIpc) is 2.30. The van der Waals surface area contributed by atoms with Crippen LogP contribution in [-0.2, 0) is 0 Å². The SMILES string of the molecule is Cc1nnc(N(C)C(C)(C)CO)c(C(N)=S)c1C. The number of aryl methyl sites for hydroxylation is 1. The third kappa shape index (κ3) is 2.59. The van der Waals surface area contributed by atoms with Crippen molar-refractivity contribution in [2.24, 2.45) is 5.73 Å². The number of nitrogens with two attached hydrogens (primary N) is 1. The summed E-state index contributed by atoms with van der Waals surface area (Å²) < 4.78 is 0. The average molecular weight is 268 g/mol. The molecule has 0 aromatic carbocycles. The van der Waals surface area contributed by atoms with Crippen molar-refractivity contribution in [3.8, 4) is 0 Å². The predicted octanol–water partition coefficient (Wildman–Crippen LogP) is 0.935. The van der Waals surface area contributed by atoms with Gasteiger partial charge in [0.25, 0.3) is 0 Å². The minimum atomic E-state index is -0.462. The van der Waals surface area contributed by atoms with Crippen LogP contribution in [0.5, 0.6) is 0 Å². The molecule has 5 nitrogen and oxygen atoms in total. The lowest BCUT2D eigenvalue weighted by Crippen LogP contribution is -2.46. The standard InChI is InChI=1S/C12H20N4OS/c1-7-8(2)14-15-11(9(7)10(13)18)16(5)12(3,4)6-17/h17H,6H2,1-5H3,(H2,13,18). The maximum Gasteiger partial charge on any atom is 0.162 e. The molecule has 1 aromatic heterocycles. The molecule has 0 fully saturated rings. The van der Waals surface area contributed by atoms with Crippen molar-refractivity contribution in [2.45, 2.75) is 33.2 Å². The molecule has 3 N–H and O–H groups in total. The lowest BCUT2D eigenvalue weighted by atomic mass is 10.0. The maximum absolute atomic E-state index is 9.43. The number of hydrogen-bond donors (Lipinski definition) is 2. The summed E-state index contributed by atoms with van der Waals surface area (Å²) in [4.78, 5) is 2.14. The van der Waals surface area contributed by atoms with Crippen LogP contribution in [-0.4, -0.2) is 39.5 Å². The first kappa shape index (κ1) is 14.8. The maximum atomic E-state index is 9.43. The molecule has 0 aliphatic heterocycles. The molecule has 0 amide bonds. The fourth-order valence-electron chi connectivity index (χ4n) is 1.52. The van der Waals surface area contributed by atoms with Gasteiger partial charge in [0.1, 0.15) is 4.99 Å². The molecule has 0 aliphatic rings. The zero-order valence-corrected chi connectivity index (χ0v) is 12.3. The molecule has 0 aliphatic carbocycles. The van der Waals surface area contributed by atoms with Crippen LogP contribution in [0.1, 0.15) is 30.7 Å². The Labute approximate surface area is 113 Å². The Balaban J connectivity index is 3.42. The summed E-state index contributed by atoms with van der Waals surface area (Å²) in [5, 5.41) is 17.7. The van der Waals surface area contributed by atoms with E-state index in [9.17, 15) is 5.11 Å². The molecular formula is C12H20N4OS. The normalized spacial score (nSPS) is 11.4. The first-order valence-corrected chi connectivity index (χ1v) is 6.11. The molecule has 0 saturated carbocycles. The second-order valence-electron chi connectivity index (χ2n) is 5.00. The summed E-state index contributed by atoms with van der Waals surface area (Å²) in [6.45, 7) is 7.60. The topological polar surface area (TPSA) is 75.3 Å². The lowest BCUT2D eigenvalue weighted by Gasteiger charge is -2.35. The molecule has 0 unspecified atom stereocenters. The smallest absolute Gasteiger partial charge is 0.162 e. The number of anilines is 1. The highest BCUT2D eigenvalue weighted by Gasteiger charge is 2.27. The van der Waals surface area contributed by atoms with Crippen LogP contribution >= 0.6 is 12.2 Å². The Morgan fingerprint density at radius 3 is 2.39 bits per heavy atom. The second-order valence-corrected chi connectivity index (χ2v) is 5.44. The quantitative estimate of drug-likeness (QED) is 0.791.